The maximum absolute atomic E-state index is 13.0. The summed E-state index contributed by atoms with van der Waals surface area (Å²) in [6.45, 7) is 1.60. The highest BCUT2D eigenvalue weighted by Crippen LogP contribution is 2.10. The van der Waals surface area contributed by atoms with Crippen molar-refractivity contribution in [1.29, 1.82) is 0 Å². The Morgan fingerprint density at radius 2 is 1.86 bits per heavy atom. The highest BCUT2D eigenvalue weighted by atomic mass is 19.1. The first-order valence-electron chi connectivity index (χ1n) is 9.24. The zero-order valence-electron chi connectivity index (χ0n) is 16.0. The largest absolute Gasteiger partial charge is 0.494 e. The summed E-state index contributed by atoms with van der Waals surface area (Å²) in [6, 6.07) is 15.7. The minimum atomic E-state index is -0.426. The van der Waals surface area contributed by atoms with Crippen LogP contribution < -0.4 is 21.1 Å². The normalized spacial score (nSPS) is 12.3. The molecule has 0 saturated heterocycles. The molecule has 0 aliphatic heterocycles. The van der Waals surface area contributed by atoms with Crippen molar-refractivity contribution in [1.82, 2.24) is 10.6 Å². The number of hydrogen-bond donors (Lipinski definition) is 3. The fourth-order valence-electron chi connectivity index (χ4n) is 2.60. The predicted molar refractivity (Wildman–Crippen MR) is 109 cm³/mol. The van der Waals surface area contributed by atoms with Gasteiger partial charge < -0.3 is 21.1 Å². The summed E-state index contributed by atoms with van der Waals surface area (Å²) >= 11 is 0. The minimum absolute atomic E-state index is 0.307. The number of para-hydroxylation sites is 1. The fourth-order valence-corrected chi connectivity index (χ4v) is 2.60. The van der Waals surface area contributed by atoms with Gasteiger partial charge in [0.05, 0.1) is 12.5 Å². The number of nitrogens with two attached hydrogens (primary N) is 1. The second-order valence-electron chi connectivity index (χ2n) is 6.32. The monoisotopic (exact) mass is 386 g/mol. The lowest BCUT2D eigenvalue weighted by Crippen LogP contribution is -2.43. The van der Waals surface area contributed by atoms with E-state index in [2.05, 4.69) is 15.6 Å². The van der Waals surface area contributed by atoms with Crippen molar-refractivity contribution in [2.45, 2.75) is 12.8 Å². The quantitative estimate of drug-likeness (QED) is 0.331. The van der Waals surface area contributed by atoms with Crippen LogP contribution in [-0.4, -0.2) is 38.6 Å². The van der Waals surface area contributed by atoms with Crippen LogP contribution in [0.25, 0.3) is 0 Å². The molecule has 0 fully saturated rings. The summed E-state index contributed by atoms with van der Waals surface area (Å²) in [5.74, 6) is 0.285. The van der Waals surface area contributed by atoms with Gasteiger partial charge in [0.15, 0.2) is 5.96 Å². The van der Waals surface area contributed by atoms with Gasteiger partial charge in [-0.05, 0) is 42.7 Å². The number of aliphatic imine (C=N–C) groups is 1. The Balaban J connectivity index is 1.71. The van der Waals surface area contributed by atoms with E-state index in [4.69, 9.17) is 10.5 Å². The van der Waals surface area contributed by atoms with E-state index in [1.165, 1.54) is 12.1 Å². The topological polar surface area (TPSA) is 88.7 Å². The van der Waals surface area contributed by atoms with Crippen LogP contribution in [0.15, 0.2) is 59.6 Å². The molecule has 0 saturated carbocycles. The van der Waals surface area contributed by atoms with Crippen LogP contribution in [0, 0.1) is 11.7 Å². The van der Waals surface area contributed by atoms with Gasteiger partial charge in [-0.25, -0.2) is 4.39 Å². The number of nitrogens with zero attached hydrogens (tertiary/aromatic N) is 1. The number of guanidine groups is 1. The number of hydrogen-bond acceptors (Lipinski definition) is 3. The van der Waals surface area contributed by atoms with Gasteiger partial charge in [0, 0.05) is 20.1 Å². The number of primary amides is 1. The van der Waals surface area contributed by atoms with E-state index in [9.17, 15) is 9.18 Å². The Hall–Kier alpha value is -3.09. The molecule has 0 aliphatic carbocycles. The molecule has 2 rings (SSSR count). The zero-order chi connectivity index (χ0) is 20.2. The molecular formula is C21H27FN4O2. The summed E-state index contributed by atoms with van der Waals surface area (Å²) in [4.78, 5) is 15.9. The van der Waals surface area contributed by atoms with Crippen molar-refractivity contribution in [2.24, 2.45) is 16.6 Å². The van der Waals surface area contributed by atoms with Crippen molar-refractivity contribution in [3.8, 4) is 5.75 Å². The Bertz CT molecular complexity index is 751. The number of carbonyl (C=O) groups is 1. The third-order valence-corrected chi connectivity index (χ3v) is 4.16. The molecule has 150 valence electrons. The molecule has 4 N–H and O–H groups in total. The van der Waals surface area contributed by atoms with Gasteiger partial charge in [0.25, 0.3) is 0 Å². The number of amides is 1. The van der Waals surface area contributed by atoms with Gasteiger partial charge in [-0.2, -0.15) is 0 Å². The van der Waals surface area contributed by atoms with E-state index in [-0.39, 0.29) is 5.82 Å². The number of ether oxygens (including phenoxy) is 1. The fraction of sp³-hybridized carbons (Fsp3) is 0.333. The van der Waals surface area contributed by atoms with Crippen LogP contribution in [0.3, 0.4) is 0 Å². The van der Waals surface area contributed by atoms with Gasteiger partial charge >= 0.3 is 0 Å². The standard InChI is InChI=1S/C21H27FN4O2/c1-24-21(25-12-5-13-28-19-6-3-2-4-7-19)26-15-17(20(23)27)14-16-8-10-18(22)11-9-16/h2-4,6-11,17H,5,12-15H2,1H3,(H2,23,27)(H2,24,25,26). The van der Waals surface area contributed by atoms with Crippen molar-refractivity contribution >= 4 is 11.9 Å². The van der Waals surface area contributed by atoms with E-state index in [1.807, 2.05) is 30.3 Å². The number of benzene rings is 2. The molecule has 2 aromatic rings. The van der Waals surface area contributed by atoms with Crippen molar-refractivity contribution < 1.29 is 13.9 Å². The molecule has 1 amide bonds. The molecule has 0 spiro atoms. The van der Waals surface area contributed by atoms with Crippen LogP contribution >= 0.6 is 0 Å². The molecule has 7 heteroatoms. The van der Waals surface area contributed by atoms with Crippen molar-refractivity contribution in [3.05, 3.63) is 66.0 Å². The molecule has 1 atom stereocenters. The third kappa shape index (κ3) is 7.65. The van der Waals surface area contributed by atoms with Crippen LogP contribution in [0.1, 0.15) is 12.0 Å². The predicted octanol–water partition coefficient (Wildman–Crippen LogP) is 2.10. The lowest BCUT2D eigenvalue weighted by atomic mass is 9.98. The van der Waals surface area contributed by atoms with Crippen LogP contribution in [0.4, 0.5) is 4.39 Å². The van der Waals surface area contributed by atoms with E-state index in [0.717, 1.165) is 17.7 Å². The second kappa shape index (κ2) is 11.6. The summed E-state index contributed by atoms with van der Waals surface area (Å²) in [7, 11) is 1.66. The number of halogens is 1. The molecule has 0 aromatic heterocycles. The van der Waals surface area contributed by atoms with Gasteiger partial charge in [-0.1, -0.05) is 30.3 Å². The number of rotatable bonds is 10. The zero-order valence-corrected chi connectivity index (χ0v) is 16.0. The molecule has 6 nitrogen and oxygen atoms in total. The van der Waals surface area contributed by atoms with Gasteiger partial charge in [0.2, 0.25) is 5.91 Å². The van der Waals surface area contributed by atoms with Crippen LogP contribution in [0.2, 0.25) is 0 Å². The first-order valence-corrected chi connectivity index (χ1v) is 9.24. The van der Waals surface area contributed by atoms with Gasteiger partial charge in [-0.15, -0.1) is 0 Å². The summed E-state index contributed by atoms with van der Waals surface area (Å²) in [6.07, 6.45) is 1.23. The van der Waals surface area contributed by atoms with E-state index in [0.29, 0.717) is 32.1 Å². The Morgan fingerprint density at radius 3 is 2.50 bits per heavy atom. The first kappa shape index (κ1) is 21.2. The Labute approximate surface area is 165 Å². The molecule has 28 heavy (non-hydrogen) atoms. The van der Waals surface area contributed by atoms with Crippen LogP contribution in [-0.2, 0) is 11.2 Å². The molecule has 2 aromatic carbocycles. The lowest BCUT2D eigenvalue weighted by Gasteiger charge is -2.17. The molecular weight excluding hydrogens is 359 g/mol. The number of carbonyl (C=O) groups excluding carboxylic acids is 1. The molecule has 1 unspecified atom stereocenters. The van der Waals surface area contributed by atoms with E-state index >= 15 is 0 Å². The highest BCUT2D eigenvalue weighted by molar-refractivity contribution is 5.81. The first-order chi connectivity index (χ1) is 13.6. The number of nitrogens with one attached hydrogen (secondary N) is 2. The Kier molecular flexibility index (Phi) is 8.78. The maximum atomic E-state index is 13.0. The van der Waals surface area contributed by atoms with Crippen LogP contribution in [0.5, 0.6) is 5.75 Å². The van der Waals surface area contributed by atoms with E-state index in [1.54, 1.807) is 19.2 Å². The smallest absolute Gasteiger partial charge is 0.222 e. The summed E-state index contributed by atoms with van der Waals surface area (Å²) in [5, 5.41) is 6.29. The minimum Gasteiger partial charge on any atom is -0.494 e. The van der Waals surface area contributed by atoms with Crippen molar-refractivity contribution in [3.63, 3.8) is 0 Å². The second-order valence-corrected chi connectivity index (χ2v) is 6.32. The molecule has 0 bridgehead atoms. The lowest BCUT2D eigenvalue weighted by molar-refractivity contribution is -0.121. The summed E-state index contributed by atoms with van der Waals surface area (Å²) in [5.41, 5.74) is 6.36. The molecule has 0 radical (unpaired) electrons. The van der Waals surface area contributed by atoms with E-state index < -0.39 is 11.8 Å². The Morgan fingerprint density at radius 1 is 1.14 bits per heavy atom. The average Bonchev–Trinajstić information content (AvgIpc) is 2.71. The van der Waals surface area contributed by atoms with Crippen molar-refractivity contribution in [2.75, 3.05) is 26.7 Å². The van der Waals surface area contributed by atoms with Gasteiger partial charge in [0.1, 0.15) is 11.6 Å². The van der Waals surface area contributed by atoms with Gasteiger partial charge in [-0.3, -0.25) is 9.79 Å². The maximum Gasteiger partial charge on any atom is 0.222 e. The average molecular weight is 386 g/mol. The SMILES string of the molecule is CN=C(NCCCOc1ccccc1)NCC(Cc1ccc(F)cc1)C(N)=O. The molecule has 0 heterocycles. The third-order valence-electron chi connectivity index (χ3n) is 4.16. The highest BCUT2D eigenvalue weighted by Gasteiger charge is 2.16. The summed E-state index contributed by atoms with van der Waals surface area (Å²) < 4.78 is 18.7. The molecule has 0 aliphatic rings.